The molecule has 1 aliphatic carbocycles. The Balaban J connectivity index is 2.13. The Morgan fingerprint density at radius 1 is 1.33 bits per heavy atom. The molecule has 0 aliphatic heterocycles. The van der Waals surface area contributed by atoms with Gasteiger partial charge in [-0.25, -0.2) is 0 Å². The summed E-state index contributed by atoms with van der Waals surface area (Å²) in [7, 11) is 0. The summed E-state index contributed by atoms with van der Waals surface area (Å²) in [6, 6.07) is 3.75. The van der Waals surface area contributed by atoms with Gasteiger partial charge < -0.3 is 4.74 Å². The summed E-state index contributed by atoms with van der Waals surface area (Å²) in [6.45, 7) is 2.11. The maximum atomic E-state index is 5.65. The molecule has 0 aromatic carbocycles. The Morgan fingerprint density at radius 3 is 3.07 bits per heavy atom. The predicted molar refractivity (Wildman–Crippen MR) is 60.5 cm³/mol. The molecule has 15 heavy (non-hydrogen) atoms. The van der Waals surface area contributed by atoms with Gasteiger partial charge in [0.25, 0.3) is 0 Å². The molecule has 1 aliphatic rings. The SMILES string of the molecule is CC1=CC=C(Oc2cccnc2)C=CC1. The summed E-state index contributed by atoms with van der Waals surface area (Å²) in [5, 5.41) is 0. The van der Waals surface area contributed by atoms with Crippen molar-refractivity contribution in [3.05, 3.63) is 60.2 Å². The lowest BCUT2D eigenvalue weighted by atomic mass is 10.2. The molecule has 2 nitrogen and oxygen atoms in total. The van der Waals surface area contributed by atoms with Crippen LogP contribution in [0.3, 0.4) is 0 Å². The summed E-state index contributed by atoms with van der Waals surface area (Å²) < 4.78 is 5.65. The van der Waals surface area contributed by atoms with Crippen LogP contribution in [0.15, 0.2) is 60.2 Å². The largest absolute Gasteiger partial charge is 0.456 e. The van der Waals surface area contributed by atoms with Gasteiger partial charge in [0, 0.05) is 6.20 Å². The Labute approximate surface area is 89.6 Å². The zero-order chi connectivity index (χ0) is 10.5. The molecule has 0 N–H and O–H groups in total. The third kappa shape index (κ3) is 2.81. The van der Waals surface area contributed by atoms with E-state index in [4.69, 9.17) is 4.74 Å². The van der Waals surface area contributed by atoms with Crippen LogP contribution < -0.4 is 4.74 Å². The Bertz CT molecular complexity index is 415. The number of nitrogens with zero attached hydrogens (tertiary/aromatic N) is 1. The van der Waals surface area contributed by atoms with Crippen LogP contribution in [0.25, 0.3) is 0 Å². The molecule has 2 heteroatoms. The molecule has 0 spiro atoms. The Morgan fingerprint density at radius 2 is 2.27 bits per heavy atom. The first-order chi connectivity index (χ1) is 7.34. The van der Waals surface area contributed by atoms with E-state index in [-0.39, 0.29) is 0 Å². The minimum absolute atomic E-state index is 0.765. The van der Waals surface area contributed by atoms with Crippen molar-refractivity contribution in [3.8, 4) is 5.75 Å². The van der Waals surface area contributed by atoms with Crippen LogP contribution in [0, 0.1) is 0 Å². The topological polar surface area (TPSA) is 22.1 Å². The van der Waals surface area contributed by atoms with Crippen LogP contribution in [0.1, 0.15) is 13.3 Å². The van der Waals surface area contributed by atoms with Gasteiger partial charge in [-0.2, -0.15) is 0 Å². The summed E-state index contributed by atoms with van der Waals surface area (Å²) >= 11 is 0. The summed E-state index contributed by atoms with van der Waals surface area (Å²) in [6.07, 6.45) is 12.6. The highest BCUT2D eigenvalue weighted by atomic mass is 16.5. The van der Waals surface area contributed by atoms with E-state index >= 15 is 0 Å². The molecule has 0 amide bonds. The number of allylic oxidation sites excluding steroid dienone is 5. The van der Waals surface area contributed by atoms with E-state index in [0.717, 1.165) is 17.9 Å². The first-order valence-electron chi connectivity index (χ1n) is 4.96. The van der Waals surface area contributed by atoms with E-state index in [1.807, 2.05) is 24.3 Å². The average molecular weight is 199 g/mol. The highest BCUT2D eigenvalue weighted by Gasteiger charge is 1.98. The number of hydrogen-bond acceptors (Lipinski definition) is 2. The first kappa shape index (κ1) is 9.71. The molecule has 1 heterocycles. The van der Waals surface area contributed by atoms with Gasteiger partial charge in [-0.05, 0) is 37.6 Å². The molecule has 0 saturated carbocycles. The monoisotopic (exact) mass is 199 g/mol. The molecular formula is C13H13NO. The highest BCUT2D eigenvalue weighted by molar-refractivity contribution is 5.30. The van der Waals surface area contributed by atoms with Crippen LogP contribution >= 0.6 is 0 Å². The van der Waals surface area contributed by atoms with Gasteiger partial charge in [-0.3, -0.25) is 4.98 Å². The predicted octanol–water partition coefficient (Wildman–Crippen LogP) is 3.25. The molecule has 1 aromatic heterocycles. The number of ether oxygens (including phenoxy) is 1. The zero-order valence-corrected chi connectivity index (χ0v) is 8.68. The lowest BCUT2D eigenvalue weighted by Crippen LogP contribution is -1.91. The van der Waals surface area contributed by atoms with Crippen molar-refractivity contribution in [2.24, 2.45) is 0 Å². The van der Waals surface area contributed by atoms with Gasteiger partial charge in [0.05, 0.1) is 6.20 Å². The Kier molecular flexibility index (Phi) is 2.98. The first-order valence-corrected chi connectivity index (χ1v) is 4.96. The van der Waals surface area contributed by atoms with Gasteiger partial charge in [0.1, 0.15) is 11.5 Å². The minimum Gasteiger partial charge on any atom is -0.456 e. The highest BCUT2D eigenvalue weighted by Crippen LogP contribution is 2.15. The lowest BCUT2D eigenvalue weighted by Gasteiger charge is -2.03. The Hall–Kier alpha value is -1.83. The number of aromatic nitrogens is 1. The van der Waals surface area contributed by atoms with E-state index in [2.05, 4.69) is 24.1 Å². The molecule has 0 atom stereocenters. The fourth-order valence-electron chi connectivity index (χ4n) is 1.32. The fourth-order valence-corrected chi connectivity index (χ4v) is 1.32. The second-order valence-electron chi connectivity index (χ2n) is 3.48. The smallest absolute Gasteiger partial charge is 0.145 e. The minimum atomic E-state index is 0.765. The van der Waals surface area contributed by atoms with Crippen molar-refractivity contribution in [2.75, 3.05) is 0 Å². The summed E-state index contributed by atoms with van der Waals surface area (Å²) in [4.78, 5) is 4.00. The van der Waals surface area contributed by atoms with Crippen molar-refractivity contribution in [3.63, 3.8) is 0 Å². The normalized spacial score (nSPS) is 15.3. The second kappa shape index (κ2) is 4.60. The van der Waals surface area contributed by atoms with E-state index in [1.165, 1.54) is 5.57 Å². The van der Waals surface area contributed by atoms with E-state index in [1.54, 1.807) is 12.4 Å². The van der Waals surface area contributed by atoms with Crippen LogP contribution in [0.2, 0.25) is 0 Å². The third-order valence-electron chi connectivity index (χ3n) is 2.12. The van der Waals surface area contributed by atoms with E-state index in [9.17, 15) is 0 Å². The third-order valence-corrected chi connectivity index (χ3v) is 2.12. The van der Waals surface area contributed by atoms with Crippen molar-refractivity contribution >= 4 is 0 Å². The molecular weight excluding hydrogens is 186 g/mol. The van der Waals surface area contributed by atoms with E-state index < -0.39 is 0 Å². The van der Waals surface area contributed by atoms with Crippen LogP contribution in [0.4, 0.5) is 0 Å². The second-order valence-corrected chi connectivity index (χ2v) is 3.48. The van der Waals surface area contributed by atoms with Gasteiger partial charge in [0.15, 0.2) is 0 Å². The van der Waals surface area contributed by atoms with Crippen LogP contribution in [-0.2, 0) is 0 Å². The van der Waals surface area contributed by atoms with Crippen molar-refractivity contribution in [1.82, 2.24) is 4.98 Å². The van der Waals surface area contributed by atoms with Gasteiger partial charge >= 0.3 is 0 Å². The maximum absolute atomic E-state index is 5.65. The molecule has 0 bridgehead atoms. The standard InChI is InChI=1S/C13H13NO/c1-11-4-2-5-12(8-7-11)15-13-6-3-9-14-10-13/h2-3,5-10H,4H2,1H3. The fraction of sp³-hybridized carbons (Fsp3) is 0.154. The number of pyridine rings is 1. The molecule has 0 saturated heterocycles. The van der Waals surface area contributed by atoms with Gasteiger partial charge in [-0.1, -0.05) is 17.7 Å². The van der Waals surface area contributed by atoms with E-state index in [0.29, 0.717) is 0 Å². The molecule has 2 rings (SSSR count). The molecule has 1 aromatic rings. The lowest BCUT2D eigenvalue weighted by molar-refractivity contribution is 0.442. The van der Waals surface area contributed by atoms with Crippen molar-refractivity contribution < 1.29 is 4.74 Å². The maximum Gasteiger partial charge on any atom is 0.145 e. The van der Waals surface area contributed by atoms with Crippen molar-refractivity contribution in [1.29, 1.82) is 0 Å². The summed E-state index contributed by atoms with van der Waals surface area (Å²) in [5.41, 5.74) is 1.33. The van der Waals surface area contributed by atoms with Crippen LogP contribution in [-0.4, -0.2) is 4.98 Å². The molecule has 76 valence electrons. The average Bonchev–Trinajstić information content (AvgIpc) is 2.46. The molecule has 0 fully saturated rings. The quantitative estimate of drug-likeness (QED) is 0.729. The van der Waals surface area contributed by atoms with Gasteiger partial charge in [0.2, 0.25) is 0 Å². The number of hydrogen-bond donors (Lipinski definition) is 0. The molecule has 0 unspecified atom stereocenters. The van der Waals surface area contributed by atoms with Crippen LogP contribution in [0.5, 0.6) is 5.75 Å². The molecule has 0 radical (unpaired) electrons. The summed E-state index contributed by atoms with van der Waals surface area (Å²) in [5.74, 6) is 1.61. The van der Waals surface area contributed by atoms with Gasteiger partial charge in [-0.15, -0.1) is 0 Å². The number of rotatable bonds is 2. The van der Waals surface area contributed by atoms with Crippen molar-refractivity contribution in [2.45, 2.75) is 13.3 Å². The zero-order valence-electron chi connectivity index (χ0n) is 8.68.